The number of aromatic nitrogens is 2. The Morgan fingerprint density at radius 3 is 2.67 bits per heavy atom. The summed E-state index contributed by atoms with van der Waals surface area (Å²) in [6.07, 6.45) is 3.54. The van der Waals surface area contributed by atoms with Crippen LogP contribution in [0.3, 0.4) is 0 Å². The smallest absolute Gasteiger partial charge is 0.253 e. The molecule has 0 bridgehead atoms. The van der Waals surface area contributed by atoms with Crippen molar-refractivity contribution in [3.63, 3.8) is 0 Å². The topological polar surface area (TPSA) is 57.8 Å². The van der Waals surface area contributed by atoms with E-state index < -0.39 is 0 Å². The molecule has 2 aromatic heterocycles. The number of aryl methyl sites for hydroxylation is 1. The maximum Gasteiger partial charge on any atom is 0.253 e. The molecule has 2 N–H and O–H groups in total. The van der Waals surface area contributed by atoms with E-state index in [-0.39, 0.29) is 5.91 Å². The van der Waals surface area contributed by atoms with E-state index >= 15 is 0 Å². The highest BCUT2D eigenvalue weighted by Gasteiger charge is 2.15. The number of fused-ring (bicyclic) bond motifs is 1. The van der Waals surface area contributed by atoms with Crippen LogP contribution >= 0.6 is 0 Å². The summed E-state index contributed by atoms with van der Waals surface area (Å²) in [7, 11) is 0. The first-order valence-corrected chi connectivity index (χ1v) is 7.01. The predicted molar refractivity (Wildman–Crippen MR) is 84.3 cm³/mol. The number of benzene rings is 1. The fourth-order valence-corrected chi connectivity index (χ4v) is 2.59. The zero-order valence-electron chi connectivity index (χ0n) is 12.1. The third-order valence-corrected chi connectivity index (χ3v) is 3.56. The molecule has 106 valence electrons. The minimum absolute atomic E-state index is 0.0341. The van der Waals surface area contributed by atoms with E-state index in [1.54, 1.807) is 12.4 Å². The molecule has 0 fully saturated rings. The van der Waals surface area contributed by atoms with Crippen LogP contribution in [0.4, 0.5) is 0 Å². The van der Waals surface area contributed by atoms with Crippen LogP contribution in [0, 0.1) is 6.92 Å². The number of nitrogens with zero attached hydrogens (tertiary/aromatic N) is 1. The van der Waals surface area contributed by atoms with Gasteiger partial charge in [-0.05, 0) is 49.2 Å². The average Bonchev–Trinajstić information content (AvgIpc) is 2.83. The first-order chi connectivity index (χ1) is 10.2. The Labute approximate surface area is 123 Å². The van der Waals surface area contributed by atoms with Crippen molar-refractivity contribution < 1.29 is 4.79 Å². The van der Waals surface area contributed by atoms with Crippen molar-refractivity contribution in [3.05, 3.63) is 54.0 Å². The summed E-state index contributed by atoms with van der Waals surface area (Å²) in [5.41, 5.74) is 4.76. The molecule has 21 heavy (non-hydrogen) atoms. The van der Waals surface area contributed by atoms with Crippen LogP contribution in [0.5, 0.6) is 0 Å². The molecule has 4 heteroatoms. The monoisotopic (exact) mass is 279 g/mol. The maximum atomic E-state index is 12.2. The second kappa shape index (κ2) is 5.40. The van der Waals surface area contributed by atoms with Crippen LogP contribution in [0.2, 0.25) is 0 Å². The SMILES string of the molecule is CCNC(=O)c1c(C)[nH]c2ccc(-c3ccncc3)cc12. The van der Waals surface area contributed by atoms with Crippen LogP contribution in [0.25, 0.3) is 22.0 Å². The second-order valence-corrected chi connectivity index (χ2v) is 4.98. The Balaban J connectivity index is 2.16. The molecule has 3 aromatic rings. The average molecular weight is 279 g/mol. The molecule has 1 aromatic carbocycles. The summed E-state index contributed by atoms with van der Waals surface area (Å²) < 4.78 is 0. The second-order valence-electron chi connectivity index (χ2n) is 4.98. The van der Waals surface area contributed by atoms with E-state index in [1.165, 1.54) is 0 Å². The number of rotatable bonds is 3. The van der Waals surface area contributed by atoms with Crippen LogP contribution in [-0.4, -0.2) is 22.4 Å². The van der Waals surface area contributed by atoms with Crippen LogP contribution < -0.4 is 5.32 Å². The van der Waals surface area contributed by atoms with Gasteiger partial charge in [-0.15, -0.1) is 0 Å². The summed E-state index contributed by atoms with van der Waals surface area (Å²) in [6.45, 7) is 4.47. The molecule has 2 heterocycles. The van der Waals surface area contributed by atoms with E-state index in [2.05, 4.69) is 27.4 Å². The summed E-state index contributed by atoms with van der Waals surface area (Å²) in [4.78, 5) is 19.6. The third-order valence-electron chi connectivity index (χ3n) is 3.56. The summed E-state index contributed by atoms with van der Waals surface area (Å²) in [6, 6.07) is 10.0. The number of pyridine rings is 1. The van der Waals surface area contributed by atoms with Crippen LogP contribution in [0.15, 0.2) is 42.7 Å². The van der Waals surface area contributed by atoms with Gasteiger partial charge in [0, 0.05) is 35.5 Å². The highest BCUT2D eigenvalue weighted by molar-refractivity contribution is 6.09. The Morgan fingerprint density at radius 1 is 1.19 bits per heavy atom. The van der Waals surface area contributed by atoms with Gasteiger partial charge in [-0.2, -0.15) is 0 Å². The molecule has 4 nitrogen and oxygen atoms in total. The van der Waals surface area contributed by atoms with Crippen LogP contribution in [-0.2, 0) is 0 Å². The minimum atomic E-state index is -0.0341. The molecule has 0 spiro atoms. The zero-order chi connectivity index (χ0) is 14.8. The Hall–Kier alpha value is -2.62. The number of aromatic amines is 1. The van der Waals surface area contributed by atoms with Crippen LogP contribution in [0.1, 0.15) is 23.0 Å². The summed E-state index contributed by atoms with van der Waals surface area (Å²) >= 11 is 0. The van der Waals surface area contributed by atoms with Crippen molar-refractivity contribution in [1.29, 1.82) is 0 Å². The lowest BCUT2D eigenvalue weighted by Crippen LogP contribution is -2.23. The highest BCUT2D eigenvalue weighted by Crippen LogP contribution is 2.28. The molecular weight excluding hydrogens is 262 g/mol. The van der Waals surface area contributed by atoms with Gasteiger partial charge >= 0.3 is 0 Å². The van der Waals surface area contributed by atoms with E-state index in [1.807, 2.05) is 32.0 Å². The zero-order valence-corrected chi connectivity index (χ0v) is 12.1. The Bertz CT molecular complexity index is 790. The third kappa shape index (κ3) is 2.40. The normalized spacial score (nSPS) is 10.8. The number of hydrogen-bond acceptors (Lipinski definition) is 2. The molecule has 0 unspecified atom stereocenters. The molecule has 0 aliphatic rings. The van der Waals surface area contributed by atoms with E-state index in [0.717, 1.165) is 33.3 Å². The number of nitrogens with one attached hydrogen (secondary N) is 2. The van der Waals surface area contributed by atoms with Gasteiger partial charge in [0.2, 0.25) is 0 Å². The van der Waals surface area contributed by atoms with Crippen molar-refractivity contribution in [1.82, 2.24) is 15.3 Å². The lowest BCUT2D eigenvalue weighted by molar-refractivity contribution is 0.0957. The fourth-order valence-electron chi connectivity index (χ4n) is 2.59. The number of carbonyl (C=O) groups is 1. The number of amides is 1. The first-order valence-electron chi connectivity index (χ1n) is 7.01. The molecule has 3 rings (SSSR count). The lowest BCUT2D eigenvalue weighted by atomic mass is 10.0. The van der Waals surface area contributed by atoms with E-state index in [9.17, 15) is 4.79 Å². The molecule has 0 atom stereocenters. The van der Waals surface area contributed by atoms with Gasteiger partial charge in [-0.3, -0.25) is 9.78 Å². The maximum absolute atomic E-state index is 12.2. The Morgan fingerprint density at radius 2 is 1.95 bits per heavy atom. The molecule has 0 radical (unpaired) electrons. The number of carbonyl (C=O) groups excluding carboxylic acids is 1. The van der Waals surface area contributed by atoms with Gasteiger partial charge in [-0.1, -0.05) is 6.07 Å². The predicted octanol–water partition coefficient (Wildman–Crippen LogP) is 3.29. The van der Waals surface area contributed by atoms with Gasteiger partial charge in [0.05, 0.1) is 5.56 Å². The summed E-state index contributed by atoms with van der Waals surface area (Å²) in [5.74, 6) is -0.0341. The standard InChI is InChI=1S/C17H17N3O/c1-3-19-17(21)16-11(2)20-15-5-4-13(10-14(15)16)12-6-8-18-9-7-12/h4-10,20H,3H2,1-2H3,(H,19,21). The quantitative estimate of drug-likeness (QED) is 0.773. The van der Waals surface area contributed by atoms with Crippen molar-refractivity contribution >= 4 is 16.8 Å². The minimum Gasteiger partial charge on any atom is -0.358 e. The number of H-pyrrole nitrogens is 1. The molecule has 0 saturated carbocycles. The molecule has 1 amide bonds. The molecule has 0 aliphatic heterocycles. The molecule has 0 saturated heterocycles. The lowest BCUT2D eigenvalue weighted by Gasteiger charge is -2.04. The van der Waals surface area contributed by atoms with Crippen molar-refractivity contribution in [2.75, 3.05) is 6.54 Å². The van der Waals surface area contributed by atoms with Crippen molar-refractivity contribution in [2.24, 2.45) is 0 Å². The molecular formula is C17H17N3O. The van der Waals surface area contributed by atoms with Gasteiger partial charge in [-0.25, -0.2) is 0 Å². The first kappa shape index (κ1) is 13.4. The van der Waals surface area contributed by atoms with Gasteiger partial charge in [0.1, 0.15) is 0 Å². The molecule has 0 aliphatic carbocycles. The van der Waals surface area contributed by atoms with Crippen molar-refractivity contribution in [3.8, 4) is 11.1 Å². The largest absolute Gasteiger partial charge is 0.358 e. The van der Waals surface area contributed by atoms with Gasteiger partial charge < -0.3 is 10.3 Å². The summed E-state index contributed by atoms with van der Waals surface area (Å²) in [5, 5.41) is 3.82. The fraction of sp³-hybridized carbons (Fsp3) is 0.176. The highest BCUT2D eigenvalue weighted by atomic mass is 16.1. The van der Waals surface area contributed by atoms with Crippen molar-refractivity contribution in [2.45, 2.75) is 13.8 Å². The number of hydrogen-bond donors (Lipinski definition) is 2. The van der Waals surface area contributed by atoms with Gasteiger partial charge in [0.15, 0.2) is 0 Å². The van der Waals surface area contributed by atoms with Gasteiger partial charge in [0.25, 0.3) is 5.91 Å². The van der Waals surface area contributed by atoms with E-state index in [4.69, 9.17) is 0 Å². The van der Waals surface area contributed by atoms with E-state index in [0.29, 0.717) is 6.54 Å². The Kier molecular flexibility index (Phi) is 3.44.